The molecule has 106 valence electrons. The number of carbonyl (C=O) groups excluding carboxylic acids is 2. The number of rotatable bonds is 4. The molecule has 19 heavy (non-hydrogen) atoms. The molecule has 0 aromatic carbocycles. The molecule has 6 heteroatoms. The van der Waals surface area contributed by atoms with E-state index in [2.05, 4.69) is 5.32 Å². The van der Waals surface area contributed by atoms with Gasteiger partial charge in [-0.3, -0.25) is 9.59 Å². The summed E-state index contributed by atoms with van der Waals surface area (Å²) >= 11 is 0. The summed E-state index contributed by atoms with van der Waals surface area (Å²) in [5, 5.41) is 11.7. The van der Waals surface area contributed by atoms with Gasteiger partial charge in [0.05, 0.1) is 19.3 Å². The lowest BCUT2D eigenvalue weighted by Crippen LogP contribution is -2.57. The number of nitrogens with zero attached hydrogens (tertiary/aromatic N) is 2. The van der Waals surface area contributed by atoms with Crippen molar-refractivity contribution in [2.24, 2.45) is 5.92 Å². The maximum absolute atomic E-state index is 12.2. The van der Waals surface area contributed by atoms with Gasteiger partial charge in [-0.2, -0.15) is 5.26 Å². The summed E-state index contributed by atoms with van der Waals surface area (Å²) < 4.78 is 5.27. The van der Waals surface area contributed by atoms with E-state index in [-0.39, 0.29) is 24.5 Å². The summed E-state index contributed by atoms with van der Waals surface area (Å²) in [6, 6.07) is 1.36. The normalized spacial score (nSPS) is 20.8. The van der Waals surface area contributed by atoms with Crippen LogP contribution >= 0.6 is 0 Å². The van der Waals surface area contributed by atoms with Crippen molar-refractivity contribution in [1.82, 2.24) is 10.2 Å². The molecule has 6 nitrogen and oxygen atoms in total. The highest BCUT2D eigenvalue weighted by Gasteiger charge is 2.35. The van der Waals surface area contributed by atoms with Crippen LogP contribution in [0.15, 0.2) is 0 Å². The van der Waals surface area contributed by atoms with Crippen molar-refractivity contribution < 1.29 is 14.3 Å². The molecule has 1 fully saturated rings. The second-order valence-corrected chi connectivity index (χ2v) is 4.88. The second-order valence-electron chi connectivity index (χ2n) is 4.88. The number of hydrogen-bond acceptors (Lipinski definition) is 4. The van der Waals surface area contributed by atoms with Crippen molar-refractivity contribution in [2.75, 3.05) is 19.8 Å². The van der Waals surface area contributed by atoms with E-state index in [1.807, 2.05) is 19.9 Å². The van der Waals surface area contributed by atoms with Gasteiger partial charge in [0.1, 0.15) is 12.0 Å². The first-order valence-electron chi connectivity index (χ1n) is 6.59. The van der Waals surface area contributed by atoms with E-state index in [4.69, 9.17) is 10.00 Å². The Morgan fingerprint density at radius 3 is 2.74 bits per heavy atom. The third-order valence-corrected chi connectivity index (χ3v) is 3.01. The van der Waals surface area contributed by atoms with E-state index in [1.165, 1.54) is 4.90 Å². The van der Waals surface area contributed by atoms with Crippen LogP contribution in [-0.2, 0) is 14.3 Å². The van der Waals surface area contributed by atoms with Crippen LogP contribution in [0, 0.1) is 17.2 Å². The second kappa shape index (κ2) is 7.10. The molecule has 0 saturated carbocycles. The number of amides is 2. The molecule has 1 N–H and O–H groups in total. The predicted molar refractivity (Wildman–Crippen MR) is 69.0 cm³/mol. The van der Waals surface area contributed by atoms with Gasteiger partial charge in [-0.1, -0.05) is 6.92 Å². The molecule has 0 radical (unpaired) electrons. The highest BCUT2D eigenvalue weighted by molar-refractivity contribution is 5.89. The third-order valence-electron chi connectivity index (χ3n) is 3.01. The molecular weight excluding hydrogens is 246 g/mol. The molecule has 2 amide bonds. The van der Waals surface area contributed by atoms with E-state index in [0.29, 0.717) is 19.6 Å². The molecule has 1 aliphatic rings. The number of morpholine rings is 1. The SMILES string of the molecule is CCC(C#N)C(=O)N1CCOCC1C(=O)NC(C)C. The van der Waals surface area contributed by atoms with Crippen molar-refractivity contribution in [1.29, 1.82) is 5.26 Å². The number of carbonyl (C=O) groups is 2. The lowest BCUT2D eigenvalue weighted by molar-refractivity contribution is -0.150. The van der Waals surface area contributed by atoms with E-state index < -0.39 is 12.0 Å². The Balaban J connectivity index is 2.80. The molecule has 1 rings (SSSR count). The summed E-state index contributed by atoms with van der Waals surface area (Å²) in [7, 11) is 0. The van der Waals surface area contributed by atoms with Gasteiger partial charge < -0.3 is 15.0 Å². The van der Waals surface area contributed by atoms with Crippen LogP contribution < -0.4 is 5.32 Å². The molecule has 0 aromatic heterocycles. The van der Waals surface area contributed by atoms with Crippen LogP contribution in [0.25, 0.3) is 0 Å². The van der Waals surface area contributed by atoms with Crippen LogP contribution in [-0.4, -0.2) is 48.6 Å². The topological polar surface area (TPSA) is 82.4 Å². The zero-order chi connectivity index (χ0) is 14.4. The summed E-state index contributed by atoms with van der Waals surface area (Å²) in [5.74, 6) is -1.19. The van der Waals surface area contributed by atoms with Crippen LogP contribution in [0.2, 0.25) is 0 Å². The average Bonchev–Trinajstić information content (AvgIpc) is 2.39. The third kappa shape index (κ3) is 3.93. The van der Waals surface area contributed by atoms with Crippen LogP contribution in [0.3, 0.4) is 0 Å². The highest BCUT2D eigenvalue weighted by atomic mass is 16.5. The standard InChI is InChI=1S/C13H21N3O3/c1-4-10(7-14)13(18)16-5-6-19-8-11(16)12(17)15-9(2)3/h9-11H,4-6,8H2,1-3H3,(H,15,17). The van der Waals surface area contributed by atoms with Gasteiger partial charge in [-0.15, -0.1) is 0 Å². The molecular formula is C13H21N3O3. The smallest absolute Gasteiger partial charge is 0.245 e. The maximum atomic E-state index is 12.2. The Bertz CT molecular complexity index is 376. The molecule has 0 aliphatic carbocycles. The minimum atomic E-state index is -0.688. The van der Waals surface area contributed by atoms with Gasteiger partial charge in [-0.25, -0.2) is 0 Å². The Morgan fingerprint density at radius 2 is 2.21 bits per heavy atom. The number of nitriles is 1. The summed E-state index contributed by atoms with van der Waals surface area (Å²) in [4.78, 5) is 25.8. The molecule has 0 spiro atoms. The van der Waals surface area contributed by atoms with Gasteiger partial charge in [-0.05, 0) is 20.3 Å². The lowest BCUT2D eigenvalue weighted by Gasteiger charge is -2.35. The van der Waals surface area contributed by atoms with Crippen molar-refractivity contribution in [3.8, 4) is 6.07 Å². The van der Waals surface area contributed by atoms with Crippen LogP contribution in [0.4, 0.5) is 0 Å². The van der Waals surface area contributed by atoms with Crippen molar-refractivity contribution in [3.63, 3.8) is 0 Å². The molecule has 1 aliphatic heterocycles. The minimum absolute atomic E-state index is 0.00400. The van der Waals surface area contributed by atoms with E-state index in [0.717, 1.165) is 0 Å². The van der Waals surface area contributed by atoms with E-state index in [9.17, 15) is 9.59 Å². The fraction of sp³-hybridized carbons (Fsp3) is 0.769. The van der Waals surface area contributed by atoms with Gasteiger partial charge >= 0.3 is 0 Å². The summed E-state index contributed by atoms with van der Waals surface area (Å²) in [5.41, 5.74) is 0. The number of ether oxygens (including phenoxy) is 1. The quantitative estimate of drug-likeness (QED) is 0.793. The fourth-order valence-electron chi connectivity index (χ4n) is 1.99. The Kier molecular flexibility index (Phi) is 5.77. The lowest BCUT2D eigenvalue weighted by atomic mass is 10.0. The first-order chi connectivity index (χ1) is 9.01. The Labute approximate surface area is 113 Å². The average molecular weight is 267 g/mol. The maximum Gasteiger partial charge on any atom is 0.245 e. The fourth-order valence-corrected chi connectivity index (χ4v) is 1.99. The Hall–Kier alpha value is -1.61. The first kappa shape index (κ1) is 15.4. The van der Waals surface area contributed by atoms with Gasteiger partial charge in [0.25, 0.3) is 0 Å². The molecule has 1 heterocycles. The largest absolute Gasteiger partial charge is 0.377 e. The summed E-state index contributed by atoms with van der Waals surface area (Å²) in [6.07, 6.45) is 0.450. The molecule has 2 atom stereocenters. The zero-order valence-corrected chi connectivity index (χ0v) is 11.7. The first-order valence-corrected chi connectivity index (χ1v) is 6.59. The minimum Gasteiger partial charge on any atom is -0.377 e. The highest BCUT2D eigenvalue weighted by Crippen LogP contribution is 2.14. The molecule has 2 unspecified atom stereocenters. The van der Waals surface area contributed by atoms with E-state index in [1.54, 1.807) is 6.92 Å². The number of hydrogen-bond donors (Lipinski definition) is 1. The molecule has 0 aromatic rings. The number of nitrogens with one attached hydrogen (secondary N) is 1. The molecule has 0 bridgehead atoms. The monoisotopic (exact) mass is 267 g/mol. The van der Waals surface area contributed by atoms with Gasteiger partial charge in [0.2, 0.25) is 11.8 Å². The predicted octanol–water partition coefficient (Wildman–Crippen LogP) is 0.288. The van der Waals surface area contributed by atoms with Gasteiger partial charge in [0, 0.05) is 12.6 Å². The van der Waals surface area contributed by atoms with Crippen molar-refractivity contribution in [3.05, 3.63) is 0 Å². The van der Waals surface area contributed by atoms with Crippen LogP contribution in [0.1, 0.15) is 27.2 Å². The van der Waals surface area contributed by atoms with Crippen molar-refractivity contribution >= 4 is 11.8 Å². The van der Waals surface area contributed by atoms with Crippen molar-refractivity contribution in [2.45, 2.75) is 39.3 Å². The van der Waals surface area contributed by atoms with E-state index >= 15 is 0 Å². The zero-order valence-electron chi connectivity index (χ0n) is 11.7. The van der Waals surface area contributed by atoms with Crippen LogP contribution in [0.5, 0.6) is 0 Å². The molecule has 1 saturated heterocycles. The Morgan fingerprint density at radius 1 is 1.53 bits per heavy atom. The summed E-state index contributed by atoms with van der Waals surface area (Å²) in [6.45, 7) is 6.45. The van der Waals surface area contributed by atoms with Gasteiger partial charge in [0.15, 0.2) is 0 Å².